The maximum Gasteiger partial charge on any atom is 0.236 e. The lowest BCUT2D eigenvalue weighted by Gasteiger charge is -2.51. The number of fused-ring (bicyclic) bond motifs is 1. The van der Waals surface area contributed by atoms with Crippen LogP contribution in [0, 0.1) is 0 Å². The van der Waals surface area contributed by atoms with E-state index < -0.39 is 0 Å². The lowest BCUT2D eigenvalue weighted by atomic mass is 9.76. The van der Waals surface area contributed by atoms with Crippen LogP contribution in [0.4, 0.5) is 0 Å². The van der Waals surface area contributed by atoms with E-state index in [-0.39, 0.29) is 5.91 Å². The highest BCUT2D eigenvalue weighted by atomic mass is 16.2. The molecule has 1 saturated carbocycles. The fourth-order valence-corrected chi connectivity index (χ4v) is 5.17. The van der Waals surface area contributed by atoms with Crippen molar-refractivity contribution in [2.45, 2.75) is 44.7 Å². The van der Waals surface area contributed by atoms with Gasteiger partial charge in [-0.2, -0.15) is 0 Å². The van der Waals surface area contributed by atoms with Gasteiger partial charge in [-0.05, 0) is 49.3 Å². The zero-order valence-corrected chi connectivity index (χ0v) is 17.9. The average molecular weight is 406 g/mol. The van der Waals surface area contributed by atoms with Crippen LogP contribution in [-0.2, 0) is 17.8 Å². The topological polar surface area (TPSA) is 52.6 Å². The molecule has 0 unspecified atom stereocenters. The first-order valence-electron chi connectivity index (χ1n) is 11.2. The van der Waals surface area contributed by atoms with E-state index in [1.54, 1.807) is 6.33 Å². The molecule has 0 spiro atoms. The third-order valence-electron chi connectivity index (χ3n) is 7.38. The van der Waals surface area contributed by atoms with Gasteiger partial charge < -0.3 is 4.90 Å². The van der Waals surface area contributed by atoms with E-state index >= 15 is 0 Å². The summed E-state index contributed by atoms with van der Waals surface area (Å²) in [6.45, 7) is 8.51. The summed E-state index contributed by atoms with van der Waals surface area (Å²) >= 11 is 0. The molecule has 6 nitrogen and oxygen atoms in total. The van der Waals surface area contributed by atoms with Gasteiger partial charge in [-0.3, -0.25) is 14.6 Å². The molecular formula is C24H31N5O. The van der Waals surface area contributed by atoms with E-state index in [1.807, 2.05) is 12.4 Å². The van der Waals surface area contributed by atoms with Gasteiger partial charge in [0.25, 0.3) is 0 Å². The van der Waals surface area contributed by atoms with Crippen molar-refractivity contribution in [3.05, 3.63) is 48.0 Å². The van der Waals surface area contributed by atoms with E-state index in [4.69, 9.17) is 0 Å². The second-order valence-corrected chi connectivity index (χ2v) is 9.29. The number of hydrogen-bond donors (Lipinski definition) is 0. The van der Waals surface area contributed by atoms with Crippen LogP contribution in [0.15, 0.2) is 36.9 Å². The number of aromatic nitrogens is 2. The molecule has 3 aliphatic rings. The van der Waals surface area contributed by atoms with Crippen molar-refractivity contribution in [1.82, 2.24) is 24.7 Å². The second-order valence-electron chi connectivity index (χ2n) is 9.29. The molecule has 0 atom stereocenters. The largest absolute Gasteiger partial charge is 0.339 e. The molecule has 3 heterocycles. The Balaban J connectivity index is 1.16. The van der Waals surface area contributed by atoms with Gasteiger partial charge in [-0.15, -0.1) is 0 Å². The van der Waals surface area contributed by atoms with Crippen LogP contribution in [0.2, 0.25) is 0 Å². The minimum atomic E-state index is 0.287. The lowest BCUT2D eigenvalue weighted by Crippen LogP contribution is -2.60. The molecule has 1 saturated heterocycles. The van der Waals surface area contributed by atoms with Crippen LogP contribution >= 0.6 is 0 Å². The molecule has 0 bridgehead atoms. The Kier molecular flexibility index (Phi) is 5.29. The third kappa shape index (κ3) is 3.86. The van der Waals surface area contributed by atoms with Crippen molar-refractivity contribution in [1.29, 1.82) is 0 Å². The average Bonchev–Trinajstić information content (AvgIpc) is 2.78. The molecule has 2 fully saturated rings. The number of nitrogens with zero attached hydrogens (tertiary/aromatic N) is 5. The van der Waals surface area contributed by atoms with Gasteiger partial charge in [0, 0.05) is 62.8 Å². The van der Waals surface area contributed by atoms with Gasteiger partial charge in [-0.1, -0.05) is 18.2 Å². The van der Waals surface area contributed by atoms with Crippen LogP contribution in [0.3, 0.4) is 0 Å². The van der Waals surface area contributed by atoms with Crippen molar-refractivity contribution in [3.8, 4) is 11.1 Å². The minimum absolute atomic E-state index is 0.287. The molecule has 1 aromatic heterocycles. The van der Waals surface area contributed by atoms with E-state index in [9.17, 15) is 4.79 Å². The number of piperazine rings is 1. The molecule has 5 rings (SSSR count). The summed E-state index contributed by atoms with van der Waals surface area (Å²) in [7, 11) is 0. The number of rotatable bonds is 4. The Labute approximate surface area is 178 Å². The standard InChI is InChI=1S/C24H31N5O/c1-24(6-2-7-24)29-11-9-28(10-12-29)23(30)17-27-8-5-20-13-19(3-4-21(20)16-27)22-14-25-18-26-15-22/h3-4,13-15,18H,2,5-12,16-17H2,1H3. The maximum absolute atomic E-state index is 12.9. The molecule has 158 valence electrons. The van der Waals surface area contributed by atoms with Gasteiger partial charge in [0.15, 0.2) is 0 Å². The highest BCUT2D eigenvalue weighted by Crippen LogP contribution is 2.37. The molecule has 0 radical (unpaired) electrons. The second kappa shape index (κ2) is 8.08. The van der Waals surface area contributed by atoms with E-state index in [1.165, 1.54) is 30.4 Å². The summed E-state index contributed by atoms with van der Waals surface area (Å²) < 4.78 is 0. The normalized spacial score (nSPS) is 21.7. The summed E-state index contributed by atoms with van der Waals surface area (Å²) in [4.78, 5) is 28.1. The first-order chi connectivity index (χ1) is 14.6. The van der Waals surface area contributed by atoms with Crippen molar-refractivity contribution >= 4 is 5.91 Å². The zero-order valence-electron chi connectivity index (χ0n) is 17.9. The Morgan fingerprint density at radius 2 is 1.77 bits per heavy atom. The smallest absolute Gasteiger partial charge is 0.236 e. The number of amides is 1. The number of hydrogen-bond acceptors (Lipinski definition) is 5. The molecule has 1 aliphatic carbocycles. The molecule has 2 aliphatic heterocycles. The molecular weight excluding hydrogens is 374 g/mol. The summed E-state index contributed by atoms with van der Waals surface area (Å²) in [6, 6.07) is 6.60. The Hall–Kier alpha value is -2.31. The monoisotopic (exact) mass is 405 g/mol. The van der Waals surface area contributed by atoms with Gasteiger partial charge in [0.1, 0.15) is 6.33 Å². The van der Waals surface area contributed by atoms with Gasteiger partial charge in [0.05, 0.1) is 6.54 Å². The minimum Gasteiger partial charge on any atom is -0.339 e. The van der Waals surface area contributed by atoms with Crippen molar-refractivity contribution in [3.63, 3.8) is 0 Å². The lowest BCUT2D eigenvalue weighted by molar-refractivity contribution is -0.136. The van der Waals surface area contributed by atoms with Crippen LogP contribution in [0.1, 0.15) is 37.3 Å². The Morgan fingerprint density at radius 3 is 2.47 bits per heavy atom. The number of carbonyl (C=O) groups excluding carboxylic acids is 1. The Morgan fingerprint density at radius 1 is 1.00 bits per heavy atom. The summed E-state index contributed by atoms with van der Waals surface area (Å²) in [5.74, 6) is 0.287. The van der Waals surface area contributed by atoms with Crippen LogP contribution in [0.25, 0.3) is 11.1 Å². The highest BCUT2D eigenvalue weighted by molar-refractivity contribution is 5.78. The SMILES string of the molecule is CC1(N2CCN(C(=O)CN3CCc4cc(-c5cncnc5)ccc4C3)CC2)CCC1. The van der Waals surface area contributed by atoms with Crippen molar-refractivity contribution in [2.24, 2.45) is 0 Å². The van der Waals surface area contributed by atoms with E-state index in [0.717, 1.165) is 56.8 Å². The summed E-state index contributed by atoms with van der Waals surface area (Å²) in [5, 5.41) is 0. The van der Waals surface area contributed by atoms with Gasteiger partial charge in [0.2, 0.25) is 5.91 Å². The van der Waals surface area contributed by atoms with Crippen LogP contribution in [0.5, 0.6) is 0 Å². The Bertz CT molecular complexity index is 903. The number of benzene rings is 1. The van der Waals surface area contributed by atoms with E-state index in [0.29, 0.717) is 12.1 Å². The fraction of sp³-hybridized carbons (Fsp3) is 0.542. The molecule has 6 heteroatoms. The molecule has 2 aromatic rings. The zero-order chi connectivity index (χ0) is 20.6. The summed E-state index contributed by atoms with van der Waals surface area (Å²) in [6.07, 6.45) is 10.2. The quantitative estimate of drug-likeness (QED) is 0.783. The third-order valence-corrected chi connectivity index (χ3v) is 7.38. The molecule has 30 heavy (non-hydrogen) atoms. The molecule has 1 amide bonds. The highest BCUT2D eigenvalue weighted by Gasteiger charge is 2.39. The first kappa shape index (κ1) is 19.6. The molecule has 0 N–H and O–H groups in total. The van der Waals surface area contributed by atoms with Crippen LogP contribution < -0.4 is 0 Å². The maximum atomic E-state index is 12.9. The van der Waals surface area contributed by atoms with E-state index in [2.05, 4.69) is 49.8 Å². The van der Waals surface area contributed by atoms with Crippen LogP contribution in [-0.4, -0.2) is 75.4 Å². The fourth-order valence-electron chi connectivity index (χ4n) is 5.17. The van der Waals surface area contributed by atoms with Crippen molar-refractivity contribution < 1.29 is 4.79 Å². The number of carbonyl (C=O) groups is 1. The molecule has 1 aromatic carbocycles. The van der Waals surface area contributed by atoms with Crippen molar-refractivity contribution in [2.75, 3.05) is 39.3 Å². The summed E-state index contributed by atoms with van der Waals surface area (Å²) in [5.41, 5.74) is 5.32. The predicted molar refractivity (Wildman–Crippen MR) is 117 cm³/mol. The van der Waals surface area contributed by atoms with Gasteiger partial charge in [-0.25, -0.2) is 9.97 Å². The predicted octanol–water partition coefficient (Wildman–Crippen LogP) is 2.59. The van der Waals surface area contributed by atoms with Gasteiger partial charge >= 0.3 is 0 Å². The first-order valence-corrected chi connectivity index (χ1v) is 11.2.